The molecule has 1 N–H and O–H groups in total. The summed E-state index contributed by atoms with van der Waals surface area (Å²) in [7, 11) is 2.87. The molecule has 1 fully saturated rings. The molecule has 0 aromatic carbocycles. The molecule has 56 heavy (non-hydrogen) atoms. The van der Waals surface area contributed by atoms with Crippen LogP contribution in [0, 0.1) is 5.92 Å². The Morgan fingerprint density at radius 1 is 0.571 bits per heavy atom. The maximum absolute atomic E-state index is 11.7. The van der Waals surface area contributed by atoms with Crippen molar-refractivity contribution in [2.75, 3.05) is 40.5 Å². The van der Waals surface area contributed by atoms with Crippen LogP contribution in [0.2, 0.25) is 0 Å². The van der Waals surface area contributed by atoms with Crippen molar-refractivity contribution in [1.29, 1.82) is 0 Å². The number of unbranched alkanes of at least 4 members (excludes halogenated alkanes) is 19. The third-order valence-corrected chi connectivity index (χ3v) is 9.61. The average Bonchev–Trinajstić information content (AvgIpc) is 4.09. The Bertz CT molecular complexity index is 629. The molecule has 0 amide bonds. The number of methoxy groups -OCH3 is 1. The molecule has 0 spiro atoms. The van der Waals surface area contributed by atoms with Crippen molar-refractivity contribution < 1.29 is 24.2 Å². The van der Waals surface area contributed by atoms with Crippen molar-refractivity contribution in [2.45, 2.75) is 268 Å². The van der Waals surface area contributed by atoms with E-state index in [1.807, 2.05) is 62.5 Å². The van der Waals surface area contributed by atoms with Gasteiger partial charge in [0.05, 0.1) is 12.7 Å². The predicted molar refractivity (Wildman–Crippen MR) is 252 cm³/mol. The molecule has 0 saturated carbocycles. The minimum atomic E-state index is -0.0107. The van der Waals surface area contributed by atoms with E-state index in [1.54, 1.807) is 0 Å². The summed E-state index contributed by atoms with van der Waals surface area (Å²) in [6.45, 7) is 27.1. The molecule has 0 aromatic heterocycles. The molecule has 0 bridgehead atoms. The van der Waals surface area contributed by atoms with Gasteiger partial charge in [-0.3, -0.25) is 4.79 Å². The Balaban J connectivity index is -0.000000192. The fraction of sp³-hybridized carbons (Fsp3) is 0.960. The van der Waals surface area contributed by atoms with E-state index in [2.05, 4.69) is 25.7 Å². The molecule has 6 nitrogen and oxygen atoms in total. The van der Waals surface area contributed by atoms with Gasteiger partial charge in [0.1, 0.15) is 6.29 Å². The molecular weight excluding hydrogens is 695 g/mol. The van der Waals surface area contributed by atoms with Crippen LogP contribution in [0.1, 0.15) is 262 Å². The SMILES string of the molecule is CC.CC.CC.CC.CCCCCC(C)CCCCCCCCCC=O.CCCCCCCCC(CCCCCCCCC(=O)OCCCN1CC1)OC.CO. The number of aliphatic hydroxyl groups is 1. The molecule has 1 aliphatic rings. The van der Waals surface area contributed by atoms with Gasteiger partial charge in [-0.15, -0.1) is 0 Å². The Hall–Kier alpha value is -0.980. The summed E-state index contributed by atoms with van der Waals surface area (Å²) >= 11 is 0. The zero-order valence-electron chi connectivity index (χ0n) is 41.1. The number of rotatable bonds is 35. The van der Waals surface area contributed by atoms with E-state index in [4.69, 9.17) is 14.6 Å². The van der Waals surface area contributed by atoms with Crippen LogP contribution in [-0.4, -0.2) is 68.8 Å². The van der Waals surface area contributed by atoms with E-state index in [0.717, 1.165) is 58.0 Å². The first-order valence-corrected chi connectivity index (χ1v) is 24.9. The molecule has 0 aliphatic carbocycles. The van der Waals surface area contributed by atoms with Crippen molar-refractivity contribution in [3.05, 3.63) is 0 Å². The fourth-order valence-corrected chi connectivity index (χ4v) is 6.21. The summed E-state index contributed by atoms with van der Waals surface area (Å²) in [5, 5.41) is 7.00. The summed E-state index contributed by atoms with van der Waals surface area (Å²) < 4.78 is 10.9. The third kappa shape index (κ3) is 67.7. The van der Waals surface area contributed by atoms with Crippen LogP contribution in [0.25, 0.3) is 0 Å². The zero-order valence-corrected chi connectivity index (χ0v) is 41.1. The second-order valence-electron chi connectivity index (χ2n) is 14.3. The highest BCUT2D eigenvalue weighted by Crippen LogP contribution is 2.18. The maximum Gasteiger partial charge on any atom is 0.305 e. The van der Waals surface area contributed by atoms with E-state index < -0.39 is 0 Å². The molecular formula is C50H109NO5. The first-order valence-electron chi connectivity index (χ1n) is 24.9. The first kappa shape index (κ1) is 66.8. The Kier molecular flexibility index (Phi) is 82.0. The largest absolute Gasteiger partial charge is 0.466 e. The van der Waals surface area contributed by atoms with Gasteiger partial charge in [0.25, 0.3) is 0 Å². The molecule has 1 aliphatic heterocycles. The van der Waals surface area contributed by atoms with Crippen LogP contribution >= 0.6 is 0 Å². The van der Waals surface area contributed by atoms with Crippen LogP contribution in [0.15, 0.2) is 0 Å². The van der Waals surface area contributed by atoms with Crippen molar-refractivity contribution in [1.82, 2.24) is 4.90 Å². The summed E-state index contributed by atoms with van der Waals surface area (Å²) in [6, 6.07) is 0. The van der Waals surface area contributed by atoms with Gasteiger partial charge in [0.15, 0.2) is 0 Å². The Labute approximate surface area is 355 Å². The number of ether oxygens (including phenoxy) is 2. The standard InChI is InChI=1S/C24H47NO3.C17H34O.4C2H6.CH4O/c1-3-4-5-6-9-12-16-23(27-2)17-13-10-7-8-11-14-18-24(26)28-22-15-19-25-20-21-25;1-3-4-11-14-17(2)15-12-9-7-5-6-8-10-13-16-18;5*1-2/h23H,3-22H2,1-2H3;16-17H,3-15H2,1-2H3;4*1-2H3;2H,1H3. The molecule has 0 aromatic rings. The number of hydrogen-bond acceptors (Lipinski definition) is 6. The summed E-state index contributed by atoms with van der Waals surface area (Å²) in [5.41, 5.74) is 0. The number of carbonyl (C=O) groups excluding carboxylic acids is 2. The first-order chi connectivity index (χ1) is 27.6. The molecule has 2 atom stereocenters. The van der Waals surface area contributed by atoms with Crippen molar-refractivity contribution in [3.8, 4) is 0 Å². The maximum atomic E-state index is 11.7. The number of esters is 1. The summed E-state index contributed by atoms with van der Waals surface area (Å²) in [4.78, 5) is 24.2. The molecule has 1 saturated heterocycles. The van der Waals surface area contributed by atoms with Crippen LogP contribution in [0.4, 0.5) is 0 Å². The smallest absolute Gasteiger partial charge is 0.305 e. The molecule has 2 unspecified atom stereocenters. The van der Waals surface area contributed by atoms with Gasteiger partial charge < -0.3 is 24.3 Å². The van der Waals surface area contributed by atoms with E-state index in [0.29, 0.717) is 19.1 Å². The minimum absolute atomic E-state index is 0.0107. The number of nitrogens with zero attached hydrogens (tertiary/aromatic N) is 1. The molecule has 344 valence electrons. The topological polar surface area (TPSA) is 75.8 Å². The van der Waals surface area contributed by atoms with E-state index in [9.17, 15) is 9.59 Å². The fourth-order valence-electron chi connectivity index (χ4n) is 6.21. The Morgan fingerprint density at radius 3 is 1.38 bits per heavy atom. The van der Waals surface area contributed by atoms with Crippen molar-refractivity contribution in [3.63, 3.8) is 0 Å². The lowest BCUT2D eigenvalue weighted by Gasteiger charge is -2.15. The van der Waals surface area contributed by atoms with Gasteiger partial charge in [0.2, 0.25) is 0 Å². The van der Waals surface area contributed by atoms with Crippen molar-refractivity contribution in [2.24, 2.45) is 5.92 Å². The van der Waals surface area contributed by atoms with Crippen LogP contribution in [0.5, 0.6) is 0 Å². The number of aldehydes is 1. The summed E-state index contributed by atoms with van der Waals surface area (Å²) in [5.74, 6) is 0.924. The molecule has 6 heteroatoms. The molecule has 0 radical (unpaired) electrons. The Morgan fingerprint density at radius 2 is 0.946 bits per heavy atom. The van der Waals surface area contributed by atoms with E-state index in [1.165, 1.54) is 161 Å². The molecule has 1 rings (SSSR count). The second-order valence-corrected chi connectivity index (χ2v) is 14.3. The van der Waals surface area contributed by atoms with Gasteiger partial charge in [0, 0.05) is 46.7 Å². The number of aliphatic hydroxyl groups excluding tert-OH is 1. The molecule has 1 heterocycles. The highest BCUT2D eigenvalue weighted by atomic mass is 16.5. The van der Waals surface area contributed by atoms with Gasteiger partial charge in [-0.1, -0.05) is 217 Å². The third-order valence-electron chi connectivity index (χ3n) is 9.61. The summed E-state index contributed by atoms with van der Waals surface area (Å²) in [6.07, 6.45) is 37.9. The second kappa shape index (κ2) is 68.7. The number of hydrogen-bond donors (Lipinski definition) is 1. The van der Waals surface area contributed by atoms with Crippen LogP contribution < -0.4 is 0 Å². The van der Waals surface area contributed by atoms with Gasteiger partial charge in [-0.2, -0.15) is 0 Å². The van der Waals surface area contributed by atoms with Gasteiger partial charge in [-0.25, -0.2) is 0 Å². The highest BCUT2D eigenvalue weighted by Gasteiger charge is 2.15. The van der Waals surface area contributed by atoms with E-state index in [-0.39, 0.29) is 5.97 Å². The van der Waals surface area contributed by atoms with Gasteiger partial charge in [-0.05, 0) is 38.0 Å². The van der Waals surface area contributed by atoms with E-state index >= 15 is 0 Å². The lowest BCUT2D eigenvalue weighted by Crippen LogP contribution is -2.10. The zero-order chi connectivity index (χ0) is 43.8. The monoisotopic (exact) mass is 804 g/mol. The van der Waals surface area contributed by atoms with Crippen molar-refractivity contribution >= 4 is 12.3 Å². The highest BCUT2D eigenvalue weighted by molar-refractivity contribution is 5.69. The lowest BCUT2D eigenvalue weighted by molar-refractivity contribution is -0.143. The average molecular weight is 804 g/mol. The lowest BCUT2D eigenvalue weighted by atomic mass is 9.96. The van der Waals surface area contributed by atoms with Gasteiger partial charge >= 0.3 is 5.97 Å². The van der Waals surface area contributed by atoms with Crippen LogP contribution in [0.3, 0.4) is 0 Å². The van der Waals surface area contributed by atoms with Crippen LogP contribution in [-0.2, 0) is 19.1 Å². The predicted octanol–water partition coefficient (Wildman–Crippen LogP) is 15.7. The number of carbonyl (C=O) groups is 2. The quantitative estimate of drug-likeness (QED) is 0.0298. The minimum Gasteiger partial charge on any atom is -0.466 e. The normalized spacial score (nSPS) is 12.0.